The molecule has 142 valence electrons. The summed E-state index contributed by atoms with van der Waals surface area (Å²) in [6, 6.07) is 4.23. The van der Waals surface area contributed by atoms with Crippen molar-refractivity contribution in [3.8, 4) is 0 Å². The highest BCUT2D eigenvalue weighted by Gasteiger charge is 2.35. The minimum Gasteiger partial charge on any atom is -0.342 e. The first kappa shape index (κ1) is 17.7. The first-order chi connectivity index (χ1) is 13.1. The molecule has 1 N–H and O–H groups in total. The van der Waals surface area contributed by atoms with Crippen molar-refractivity contribution >= 4 is 17.5 Å². The Morgan fingerprint density at radius 2 is 2.11 bits per heavy atom. The minimum atomic E-state index is -0.538. The normalized spacial score (nSPS) is 20.3. The molecule has 0 spiro atoms. The number of hydrogen-bond donors (Lipinski definition) is 1. The summed E-state index contributed by atoms with van der Waals surface area (Å²) in [5.74, 6) is 0.182. The topological polar surface area (TPSA) is 67.2 Å². The quantitative estimate of drug-likeness (QED) is 0.903. The third kappa shape index (κ3) is 3.34. The van der Waals surface area contributed by atoms with E-state index in [1.165, 1.54) is 12.1 Å². The van der Waals surface area contributed by atoms with Crippen LogP contribution in [-0.4, -0.2) is 39.4 Å². The summed E-state index contributed by atoms with van der Waals surface area (Å²) in [5, 5.41) is 2.67. The molecule has 1 aromatic carbocycles. The number of aryl methyl sites for hydroxylation is 1. The molecule has 3 heterocycles. The lowest BCUT2D eigenvalue weighted by molar-refractivity contribution is -0.136. The van der Waals surface area contributed by atoms with Gasteiger partial charge < -0.3 is 14.8 Å². The van der Waals surface area contributed by atoms with Crippen LogP contribution in [0, 0.1) is 5.82 Å². The van der Waals surface area contributed by atoms with Crippen LogP contribution in [-0.2, 0) is 16.1 Å². The van der Waals surface area contributed by atoms with E-state index in [0.29, 0.717) is 30.3 Å². The Kier molecular flexibility index (Phi) is 4.68. The third-order valence-corrected chi connectivity index (χ3v) is 5.61. The van der Waals surface area contributed by atoms with Crippen LogP contribution in [0.15, 0.2) is 30.6 Å². The smallest absolute Gasteiger partial charge is 0.230 e. The van der Waals surface area contributed by atoms with Crippen LogP contribution in [0.5, 0.6) is 0 Å². The molecule has 6 nitrogen and oxygen atoms in total. The number of nitrogens with one attached hydrogen (secondary N) is 1. The van der Waals surface area contributed by atoms with Gasteiger partial charge in [-0.15, -0.1) is 0 Å². The second-order valence-electron chi connectivity index (χ2n) is 7.21. The fourth-order valence-corrected chi connectivity index (χ4v) is 4.18. The number of likely N-dealkylation sites (tertiary alicyclic amines) is 1. The number of imidazole rings is 1. The van der Waals surface area contributed by atoms with E-state index >= 15 is 0 Å². The second kappa shape index (κ2) is 7.13. The summed E-state index contributed by atoms with van der Waals surface area (Å²) < 4.78 is 15.6. The van der Waals surface area contributed by atoms with Gasteiger partial charge in [-0.1, -0.05) is 6.07 Å². The number of carbonyl (C=O) groups excluding carboxylic acids is 2. The van der Waals surface area contributed by atoms with Crippen molar-refractivity contribution in [2.45, 2.75) is 44.6 Å². The van der Waals surface area contributed by atoms with Crippen molar-refractivity contribution in [1.82, 2.24) is 14.5 Å². The lowest BCUT2D eigenvalue weighted by atomic mass is 9.88. The van der Waals surface area contributed by atoms with E-state index in [9.17, 15) is 14.0 Å². The number of carbonyl (C=O) groups is 2. The predicted molar refractivity (Wildman–Crippen MR) is 98.8 cm³/mol. The second-order valence-corrected chi connectivity index (χ2v) is 7.21. The first-order valence-electron chi connectivity index (χ1n) is 9.46. The SMILES string of the molecule is CCn1ccnc1C1CCN(C(=O)[C@H]2CC(=O)Nc3cc(F)ccc32)CC1. The summed E-state index contributed by atoms with van der Waals surface area (Å²) in [6.45, 7) is 4.28. The van der Waals surface area contributed by atoms with Gasteiger partial charge in [0.05, 0.1) is 5.92 Å². The van der Waals surface area contributed by atoms with Crippen molar-refractivity contribution in [2.24, 2.45) is 0 Å². The zero-order valence-corrected chi connectivity index (χ0v) is 15.3. The van der Waals surface area contributed by atoms with Crippen molar-refractivity contribution in [3.05, 3.63) is 47.8 Å². The Hall–Kier alpha value is -2.70. The Morgan fingerprint density at radius 1 is 1.33 bits per heavy atom. The average Bonchev–Trinajstić information content (AvgIpc) is 3.15. The Labute approximate surface area is 157 Å². The van der Waals surface area contributed by atoms with Gasteiger partial charge in [0, 0.05) is 50.1 Å². The van der Waals surface area contributed by atoms with Gasteiger partial charge in [-0.3, -0.25) is 9.59 Å². The van der Waals surface area contributed by atoms with Gasteiger partial charge in [0.1, 0.15) is 11.6 Å². The van der Waals surface area contributed by atoms with Gasteiger partial charge in [0.25, 0.3) is 0 Å². The highest BCUT2D eigenvalue weighted by molar-refractivity contribution is 6.01. The largest absolute Gasteiger partial charge is 0.342 e. The van der Waals surface area contributed by atoms with Crippen molar-refractivity contribution < 1.29 is 14.0 Å². The number of piperidine rings is 1. The summed E-state index contributed by atoms with van der Waals surface area (Å²) in [7, 11) is 0. The molecule has 0 bridgehead atoms. The molecule has 7 heteroatoms. The molecule has 1 atom stereocenters. The summed E-state index contributed by atoms with van der Waals surface area (Å²) >= 11 is 0. The van der Waals surface area contributed by atoms with Gasteiger partial charge in [-0.25, -0.2) is 9.37 Å². The molecular formula is C20H23FN4O2. The molecule has 0 unspecified atom stereocenters. The number of nitrogens with zero attached hydrogens (tertiary/aromatic N) is 3. The van der Waals surface area contributed by atoms with Gasteiger partial charge in [-0.2, -0.15) is 0 Å². The monoisotopic (exact) mass is 370 g/mol. The number of benzene rings is 1. The van der Waals surface area contributed by atoms with E-state index in [4.69, 9.17) is 0 Å². The molecule has 27 heavy (non-hydrogen) atoms. The molecule has 1 aromatic heterocycles. The van der Waals surface area contributed by atoms with Gasteiger partial charge in [0.15, 0.2) is 0 Å². The van der Waals surface area contributed by atoms with E-state index < -0.39 is 11.7 Å². The van der Waals surface area contributed by atoms with E-state index in [1.54, 1.807) is 6.07 Å². The summed E-state index contributed by atoms with van der Waals surface area (Å²) in [4.78, 5) is 31.4. The lowest BCUT2D eigenvalue weighted by Gasteiger charge is -2.35. The van der Waals surface area contributed by atoms with Crippen LogP contribution >= 0.6 is 0 Å². The third-order valence-electron chi connectivity index (χ3n) is 5.61. The van der Waals surface area contributed by atoms with Crippen molar-refractivity contribution in [3.63, 3.8) is 0 Å². The predicted octanol–water partition coefficient (Wildman–Crippen LogP) is 2.87. The van der Waals surface area contributed by atoms with Gasteiger partial charge in [0.2, 0.25) is 11.8 Å². The molecule has 4 rings (SSSR count). The summed E-state index contributed by atoms with van der Waals surface area (Å²) in [5.41, 5.74) is 1.11. The zero-order valence-electron chi connectivity index (χ0n) is 15.3. The minimum absolute atomic E-state index is 0.0463. The van der Waals surface area contributed by atoms with E-state index in [-0.39, 0.29) is 18.2 Å². The maximum Gasteiger partial charge on any atom is 0.230 e. The number of amides is 2. The molecule has 0 radical (unpaired) electrons. The van der Waals surface area contributed by atoms with Crippen LogP contribution in [0.1, 0.15) is 49.4 Å². The fraction of sp³-hybridized carbons (Fsp3) is 0.450. The van der Waals surface area contributed by atoms with Gasteiger partial charge >= 0.3 is 0 Å². The Balaban J connectivity index is 1.48. The zero-order chi connectivity index (χ0) is 19.0. The Bertz CT molecular complexity index is 871. The van der Waals surface area contributed by atoms with Crippen LogP contribution in [0.25, 0.3) is 0 Å². The van der Waals surface area contributed by atoms with Crippen LogP contribution in [0.4, 0.5) is 10.1 Å². The molecule has 2 aliphatic heterocycles. The van der Waals surface area contributed by atoms with Crippen LogP contribution in [0.3, 0.4) is 0 Å². The van der Waals surface area contributed by atoms with E-state index in [0.717, 1.165) is 25.2 Å². The number of hydrogen-bond acceptors (Lipinski definition) is 3. The lowest BCUT2D eigenvalue weighted by Crippen LogP contribution is -2.43. The molecule has 2 aliphatic rings. The summed E-state index contributed by atoms with van der Waals surface area (Å²) in [6.07, 6.45) is 5.64. The van der Waals surface area contributed by atoms with Gasteiger partial charge in [-0.05, 0) is 37.5 Å². The fourth-order valence-electron chi connectivity index (χ4n) is 4.18. The molecule has 0 aliphatic carbocycles. The highest BCUT2D eigenvalue weighted by Crippen LogP contribution is 2.35. The van der Waals surface area contributed by atoms with Crippen molar-refractivity contribution in [1.29, 1.82) is 0 Å². The number of fused-ring (bicyclic) bond motifs is 1. The van der Waals surface area contributed by atoms with Crippen molar-refractivity contribution in [2.75, 3.05) is 18.4 Å². The number of anilines is 1. The maximum absolute atomic E-state index is 13.5. The molecule has 1 saturated heterocycles. The van der Waals surface area contributed by atoms with Crippen LogP contribution < -0.4 is 5.32 Å². The number of halogens is 1. The standard InChI is InChI=1S/C20H23FN4O2/c1-2-24-10-7-22-19(24)13-5-8-25(9-6-13)20(27)16-12-18(26)23-17-11-14(21)3-4-15(16)17/h3-4,7,10-11,13,16H,2,5-6,8-9,12H2,1H3,(H,23,26)/t16-/m0/s1. The molecule has 2 amide bonds. The molecule has 0 saturated carbocycles. The first-order valence-corrected chi connectivity index (χ1v) is 9.46. The molecular weight excluding hydrogens is 347 g/mol. The molecule has 2 aromatic rings. The van der Waals surface area contributed by atoms with E-state index in [2.05, 4.69) is 21.8 Å². The highest BCUT2D eigenvalue weighted by atomic mass is 19.1. The van der Waals surface area contributed by atoms with E-state index in [1.807, 2.05) is 17.3 Å². The number of aromatic nitrogens is 2. The molecule has 1 fully saturated rings. The Morgan fingerprint density at radius 3 is 2.85 bits per heavy atom. The average molecular weight is 370 g/mol. The maximum atomic E-state index is 13.5. The van der Waals surface area contributed by atoms with Crippen LogP contribution in [0.2, 0.25) is 0 Å². The number of rotatable bonds is 3.